The molecule has 0 aliphatic carbocycles. The van der Waals surface area contributed by atoms with Crippen LogP contribution in [0.1, 0.15) is 77.6 Å². The Morgan fingerprint density at radius 1 is 0.914 bits per heavy atom. The summed E-state index contributed by atoms with van der Waals surface area (Å²) in [6, 6.07) is 20.2. The normalized spacial score (nSPS) is 15.6. The Bertz CT molecular complexity index is 3200. The van der Waals surface area contributed by atoms with E-state index in [2.05, 4.69) is 15.3 Å². The zero-order valence-corrected chi connectivity index (χ0v) is 40.2. The molecule has 4 amide bonds. The lowest BCUT2D eigenvalue weighted by Gasteiger charge is -2.38. The number of aromatic amines is 1. The number of carbonyl (C=O) groups is 6. The zero-order valence-electron chi connectivity index (χ0n) is 38.6. The summed E-state index contributed by atoms with van der Waals surface area (Å²) < 4.78 is 20.9. The number of carbonyl (C=O) groups excluding carboxylic acids is 6. The summed E-state index contributed by atoms with van der Waals surface area (Å²) in [5.41, 5.74) is 2.15. The van der Waals surface area contributed by atoms with E-state index in [1.165, 1.54) is 55.8 Å². The van der Waals surface area contributed by atoms with Crippen LogP contribution >= 0.6 is 22.9 Å². The molecule has 2 fully saturated rings. The van der Waals surface area contributed by atoms with Crippen LogP contribution in [0.4, 0.5) is 9.52 Å². The van der Waals surface area contributed by atoms with Crippen molar-refractivity contribution in [1.29, 1.82) is 0 Å². The van der Waals surface area contributed by atoms with Gasteiger partial charge in [0, 0.05) is 98.8 Å². The number of anilines is 1. The highest BCUT2D eigenvalue weighted by atomic mass is 35.5. The SMILES string of the molecule is COc1cc2c[nH]c(C(=O)C(=O)Nc3nccs3)c2cc1C(=O)N1CCC(Cc2ccccc2Cn2cc3cc(Cl)c(C(=O)N4CCC(O)(Cc5ccc(F)cc5)CC4)cc3c2C(=O)C(=O)N(C)C)C1. The van der Waals surface area contributed by atoms with Gasteiger partial charge in [0.15, 0.2) is 5.13 Å². The molecule has 15 nitrogen and oxygen atoms in total. The third-order valence-electron chi connectivity index (χ3n) is 13.3. The Balaban J connectivity index is 0.930. The van der Waals surface area contributed by atoms with Crippen molar-refractivity contribution < 1.29 is 43.0 Å². The Kier molecular flexibility index (Phi) is 13.4. The van der Waals surface area contributed by atoms with E-state index < -0.39 is 29.0 Å². The van der Waals surface area contributed by atoms with Gasteiger partial charge in [-0.1, -0.05) is 48.0 Å². The number of fused-ring (bicyclic) bond motifs is 2. The second-order valence-corrected chi connectivity index (χ2v) is 19.5. The number of hydrogen-bond acceptors (Lipinski definition) is 10. The predicted molar refractivity (Wildman–Crippen MR) is 263 cm³/mol. The van der Waals surface area contributed by atoms with Crippen molar-refractivity contribution in [2.75, 3.05) is 52.7 Å². The maximum atomic E-state index is 14.2. The third kappa shape index (κ3) is 9.69. The summed E-state index contributed by atoms with van der Waals surface area (Å²) in [6.07, 6.45) is 7.06. The number of nitrogens with zero attached hydrogens (tertiary/aromatic N) is 5. The molecule has 9 rings (SSSR count). The minimum atomic E-state index is -1.08. The molecule has 3 N–H and O–H groups in total. The van der Waals surface area contributed by atoms with Crippen molar-refractivity contribution in [2.24, 2.45) is 5.92 Å². The van der Waals surface area contributed by atoms with Crippen LogP contribution in [0, 0.1) is 11.7 Å². The van der Waals surface area contributed by atoms with Crippen molar-refractivity contribution >= 4 is 84.8 Å². The first-order chi connectivity index (χ1) is 33.6. The number of halogens is 2. The topological polar surface area (TPSA) is 187 Å². The van der Waals surface area contributed by atoms with Crippen LogP contribution in [-0.2, 0) is 29.0 Å². The molecule has 70 heavy (non-hydrogen) atoms. The van der Waals surface area contributed by atoms with E-state index in [0.29, 0.717) is 72.5 Å². The molecule has 2 aliphatic rings. The van der Waals surface area contributed by atoms with Gasteiger partial charge in [0.05, 0.1) is 28.9 Å². The second-order valence-electron chi connectivity index (χ2n) is 18.2. The zero-order chi connectivity index (χ0) is 49.4. The molecule has 1 atom stereocenters. The summed E-state index contributed by atoms with van der Waals surface area (Å²) in [6.45, 7) is 1.60. The number of ketones is 2. The van der Waals surface area contributed by atoms with E-state index in [0.717, 1.165) is 16.7 Å². The molecule has 360 valence electrons. The number of hydrogen-bond donors (Lipinski definition) is 3. The maximum Gasteiger partial charge on any atom is 0.300 e. The molecular formula is C52H49ClFN7O8S. The van der Waals surface area contributed by atoms with Gasteiger partial charge in [-0.15, -0.1) is 11.3 Å². The summed E-state index contributed by atoms with van der Waals surface area (Å²) in [5, 5.41) is 18.0. The number of aliphatic hydroxyl groups is 1. The fraction of sp³-hybridized carbons (Fsp3) is 0.288. The molecule has 4 aromatic carbocycles. The van der Waals surface area contributed by atoms with E-state index >= 15 is 0 Å². The molecule has 0 saturated carbocycles. The number of likely N-dealkylation sites (N-methyl/N-ethyl adjacent to an activating group) is 1. The Morgan fingerprint density at radius 2 is 1.63 bits per heavy atom. The molecule has 1 unspecified atom stereocenters. The minimum absolute atomic E-state index is 0.0359. The number of thiazole rings is 1. The number of rotatable bonds is 14. The standard InChI is InChI=1S/C52H49ClFN7O8S/c1-58(2)50(67)46(63)44-38-24-39(48(65)59-17-13-52(68,14-18-59)25-30-8-10-36(54)11-9-30)41(53)21-35(38)29-61(44)28-33-7-5-4-6-32(33)20-31-12-16-60(27-31)49(66)40-23-37-34(22-42(40)69-3)26-56-43(37)45(62)47(64)57-51-55-15-19-70-51/h4-11,15,19,21-24,26,29,31,56,68H,12-14,16-18,20,25,27-28H2,1-3H3,(H,55,57,64). The molecule has 0 spiro atoms. The Labute approximate surface area is 410 Å². The number of ether oxygens (including phenoxy) is 1. The quantitative estimate of drug-likeness (QED) is 0.0736. The van der Waals surface area contributed by atoms with Crippen molar-refractivity contribution in [2.45, 2.75) is 44.2 Å². The highest BCUT2D eigenvalue weighted by Gasteiger charge is 2.36. The van der Waals surface area contributed by atoms with Crippen molar-refractivity contribution in [3.63, 3.8) is 0 Å². The molecule has 2 aliphatic heterocycles. The average Bonchev–Trinajstić information content (AvgIpc) is 4.19. The van der Waals surface area contributed by atoms with Gasteiger partial charge in [0.2, 0.25) is 0 Å². The van der Waals surface area contributed by atoms with E-state index in [4.69, 9.17) is 16.3 Å². The van der Waals surface area contributed by atoms with Gasteiger partial charge in [-0.25, -0.2) is 9.37 Å². The Hall–Kier alpha value is -7.21. The average molecular weight is 987 g/mol. The number of methoxy groups -OCH3 is 1. The summed E-state index contributed by atoms with van der Waals surface area (Å²) in [7, 11) is 4.47. The highest BCUT2D eigenvalue weighted by Crippen LogP contribution is 2.35. The lowest BCUT2D eigenvalue weighted by atomic mass is 9.85. The molecule has 0 bridgehead atoms. The first kappa shape index (κ1) is 47.8. The van der Waals surface area contributed by atoms with Crippen LogP contribution in [-0.4, -0.2) is 123 Å². The molecular weight excluding hydrogens is 937 g/mol. The smallest absolute Gasteiger partial charge is 0.300 e. The van der Waals surface area contributed by atoms with Gasteiger partial charge in [0.1, 0.15) is 23.0 Å². The van der Waals surface area contributed by atoms with Crippen LogP contribution in [0.15, 0.2) is 96.8 Å². The first-order valence-electron chi connectivity index (χ1n) is 22.7. The van der Waals surface area contributed by atoms with Gasteiger partial charge in [0.25, 0.3) is 35.2 Å². The fourth-order valence-corrected chi connectivity index (χ4v) is 10.4. The predicted octanol–water partition coefficient (Wildman–Crippen LogP) is 7.44. The number of piperidine rings is 1. The van der Waals surface area contributed by atoms with Gasteiger partial charge in [-0.2, -0.15) is 0 Å². The summed E-state index contributed by atoms with van der Waals surface area (Å²) in [5.74, 6) is -3.80. The lowest BCUT2D eigenvalue weighted by molar-refractivity contribution is -0.124. The summed E-state index contributed by atoms with van der Waals surface area (Å²) >= 11 is 8.01. The van der Waals surface area contributed by atoms with Gasteiger partial charge < -0.3 is 34.1 Å². The van der Waals surface area contributed by atoms with Crippen molar-refractivity contribution in [3.05, 3.63) is 147 Å². The minimum Gasteiger partial charge on any atom is -0.496 e. The number of nitrogens with one attached hydrogen (secondary N) is 2. The number of H-pyrrole nitrogens is 1. The maximum absolute atomic E-state index is 14.2. The molecule has 2 saturated heterocycles. The van der Waals surface area contributed by atoms with E-state index in [1.54, 1.807) is 68.5 Å². The molecule has 3 aromatic heterocycles. The highest BCUT2D eigenvalue weighted by molar-refractivity contribution is 7.13. The van der Waals surface area contributed by atoms with E-state index in [1.807, 2.05) is 24.3 Å². The molecule has 7 aromatic rings. The monoisotopic (exact) mass is 985 g/mol. The van der Waals surface area contributed by atoms with Crippen LogP contribution in [0.2, 0.25) is 5.02 Å². The van der Waals surface area contributed by atoms with Crippen molar-refractivity contribution in [3.8, 4) is 5.75 Å². The van der Waals surface area contributed by atoms with Gasteiger partial charge >= 0.3 is 0 Å². The molecule has 18 heteroatoms. The lowest BCUT2D eigenvalue weighted by Crippen LogP contribution is -2.47. The third-order valence-corrected chi connectivity index (χ3v) is 14.3. The van der Waals surface area contributed by atoms with Crippen LogP contribution in [0.25, 0.3) is 21.5 Å². The van der Waals surface area contributed by atoms with E-state index in [9.17, 15) is 38.3 Å². The van der Waals surface area contributed by atoms with Gasteiger partial charge in [-0.05, 0) is 84.7 Å². The van der Waals surface area contributed by atoms with E-state index in [-0.39, 0.29) is 75.9 Å². The molecule has 5 heterocycles. The second kappa shape index (κ2) is 19.7. The first-order valence-corrected chi connectivity index (χ1v) is 24.0. The summed E-state index contributed by atoms with van der Waals surface area (Å²) in [4.78, 5) is 93.4. The number of likely N-dealkylation sites (tertiary alicyclic amines) is 2. The van der Waals surface area contributed by atoms with Crippen LogP contribution in [0.3, 0.4) is 0 Å². The van der Waals surface area contributed by atoms with Gasteiger partial charge in [-0.3, -0.25) is 34.1 Å². The number of aromatic nitrogens is 3. The number of Topliss-reactive ketones (excluding diaryl/α,β-unsaturated/α-hetero) is 2. The largest absolute Gasteiger partial charge is 0.496 e. The molecule has 0 radical (unpaired) electrons. The van der Waals surface area contributed by atoms with Crippen LogP contribution < -0.4 is 10.1 Å². The van der Waals surface area contributed by atoms with Crippen molar-refractivity contribution in [1.82, 2.24) is 29.2 Å². The number of benzene rings is 4. The fourth-order valence-electron chi connectivity index (χ4n) is 9.58. The van der Waals surface area contributed by atoms with Crippen LogP contribution in [0.5, 0.6) is 5.75 Å². The number of amides is 4. The Morgan fingerprint density at radius 3 is 2.33 bits per heavy atom.